The van der Waals surface area contributed by atoms with Crippen LogP contribution in [-0.2, 0) is 9.53 Å². The van der Waals surface area contributed by atoms with E-state index >= 15 is 0 Å². The highest BCUT2D eigenvalue weighted by molar-refractivity contribution is 5.84. The maximum absolute atomic E-state index is 11.7. The molecule has 0 unspecified atom stereocenters. The molecule has 2 aromatic rings. The van der Waals surface area contributed by atoms with Gasteiger partial charge < -0.3 is 14.4 Å². The lowest BCUT2D eigenvalue weighted by molar-refractivity contribution is -0.146. The highest BCUT2D eigenvalue weighted by Crippen LogP contribution is 2.23. The van der Waals surface area contributed by atoms with Crippen LogP contribution in [0, 0.1) is 0 Å². The van der Waals surface area contributed by atoms with Crippen molar-refractivity contribution in [3.63, 3.8) is 0 Å². The van der Waals surface area contributed by atoms with Crippen LogP contribution in [0.25, 0.3) is 10.8 Å². The molecule has 1 saturated heterocycles. The average molecular weight is 311 g/mol. The molecular formula is C19H21NO3. The lowest BCUT2D eigenvalue weighted by atomic mass is 10.0. The monoisotopic (exact) mass is 311 g/mol. The standard InChI is InChI=1S/C19H21NO3/c1-22-11-5-4-10-20-17(13-19(20)21)14-23-18-9-8-15-6-2-3-7-16(15)12-18/h2-9,12,17H,10-11,13-14H2,1H3/b5-4-/t17-/m1/s1. The van der Waals surface area contributed by atoms with E-state index in [0.29, 0.717) is 26.2 Å². The Hall–Kier alpha value is -2.33. The topological polar surface area (TPSA) is 38.8 Å². The second kappa shape index (κ2) is 7.29. The largest absolute Gasteiger partial charge is 0.491 e. The molecular weight excluding hydrogens is 290 g/mol. The second-order valence-electron chi connectivity index (χ2n) is 5.65. The summed E-state index contributed by atoms with van der Waals surface area (Å²) in [5.41, 5.74) is 0. The van der Waals surface area contributed by atoms with Gasteiger partial charge in [0.25, 0.3) is 0 Å². The number of rotatable bonds is 7. The molecule has 0 aromatic heterocycles. The quantitative estimate of drug-likeness (QED) is 0.583. The third-order valence-electron chi connectivity index (χ3n) is 4.07. The zero-order chi connectivity index (χ0) is 16.1. The predicted molar refractivity (Wildman–Crippen MR) is 90.6 cm³/mol. The fourth-order valence-corrected chi connectivity index (χ4v) is 2.72. The van der Waals surface area contributed by atoms with Crippen LogP contribution in [0.5, 0.6) is 5.75 Å². The number of fused-ring (bicyclic) bond motifs is 1. The molecule has 0 N–H and O–H groups in total. The normalized spacial score (nSPS) is 17.7. The van der Waals surface area contributed by atoms with Crippen molar-refractivity contribution in [2.75, 3.05) is 26.9 Å². The van der Waals surface area contributed by atoms with Gasteiger partial charge in [0.2, 0.25) is 5.91 Å². The molecule has 3 rings (SSSR count). The maximum atomic E-state index is 11.7. The van der Waals surface area contributed by atoms with Gasteiger partial charge >= 0.3 is 0 Å². The minimum Gasteiger partial charge on any atom is -0.491 e. The highest BCUT2D eigenvalue weighted by atomic mass is 16.5. The number of ether oxygens (including phenoxy) is 2. The number of carbonyl (C=O) groups excluding carboxylic acids is 1. The summed E-state index contributed by atoms with van der Waals surface area (Å²) in [6.07, 6.45) is 4.45. The van der Waals surface area contributed by atoms with Crippen LogP contribution in [0.4, 0.5) is 0 Å². The van der Waals surface area contributed by atoms with Gasteiger partial charge in [0.05, 0.1) is 19.1 Å². The smallest absolute Gasteiger partial charge is 0.225 e. The van der Waals surface area contributed by atoms with E-state index in [1.165, 1.54) is 5.39 Å². The van der Waals surface area contributed by atoms with Crippen LogP contribution in [0.2, 0.25) is 0 Å². The zero-order valence-corrected chi connectivity index (χ0v) is 13.3. The van der Waals surface area contributed by atoms with Crippen LogP contribution >= 0.6 is 0 Å². The van der Waals surface area contributed by atoms with Gasteiger partial charge in [-0.3, -0.25) is 4.79 Å². The van der Waals surface area contributed by atoms with Gasteiger partial charge in [0.1, 0.15) is 12.4 Å². The number of benzene rings is 2. The molecule has 1 heterocycles. The van der Waals surface area contributed by atoms with Crippen molar-refractivity contribution in [2.45, 2.75) is 12.5 Å². The Bertz CT molecular complexity index is 711. The third-order valence-corrected chi connectivity index (χ3v) is 4.07. The summed E-state index contributed by atoms with van der Waals surface area (Å²) in [6, 6.07) is 14.4. The van der Waals surface area contributed by atoms with Crippen LogP contribution in [0.1, 0.15) is 6.42 Å². The number of nitrogens with zero attached hydrogens (tertiary/aromatic N) is 1. The van der Waals surface area contributed by atoms with Crippen molar-refractivity contribution < 1.29 is 14.3 Å². The van der Waals surface area contributed by atoms with Crippen LogP contribution in [0.15, 0.2) is 54.6 Å². The number of hydrogen-bond acceptors (Lipinski definition) is 3. The van der Waals surface area contributed by atoms with Crippen LogP contribution < -0.4 is 4.74 Å². The maximum Gasteiger partial charge on any atom is 0.225 e. The molecule has 0 saturated carbocycles. The summed E-state index contributed by atoms with van der Waals surface area (Å²) < 4.78 is 10.8. The number of methoxy groups -OCH3 is 1. The minimum atomic E-state index is 0.154. The van der Waals surface area contributed by atoms with Crippen LogP contribution in [-0.4, -0.2) is 43.7 Å². The summed E-state index contributed by atoms with van der Waals surface area (Å²) in [6.45, 7) is 1.72. The number of carbonyl (C=O) groups is 1. The first-order chi connectivity index (χ1) is 11.3. The summed E-state index contributed by atoms with van der Waals surface area (Å²) in [4.78, 5) is 13.5. The summed E-state index contributed by atoms with van der Waals surface area (Å²) in [5.74, 6) is 1.03. The Morgan fingerprint density at radius 2 is 2.00 bits per heavy atom. The van der Waals surface area contributed by atoms with Crippen molar-refractivity contribution in [3.8, 4) is 5.75 Å². The molecule has 0 spiro atoms. The first-order valence-corrected chi connectivity index (χ1v) is 7.83. The van der Waals surface area contributed by atoms with E-state index in [-0.39, 0.29) is 11.9 Å². The van der Waals surface area contributed by atoms with E-state index in [2.05, 4.69) is 18.2 Å². The van der Waals surface area contributed by atoms with Crippen LogP contribution in [0.3, 0.4) is 0 Å². The molecule has 120 valence electrons. The SMILES string of the molecule is COC/C=C\CN1C(=O)C[C@@H]1COc1ccc2ccccc2c1. The average Bonchev–Trinajstić information content (AvgIpc) is 2.58. The molecule has 1 aliphatic heterocycles. The van der Waals surface area contributed by atoms with Gasteiger partial charge in [0.15, 0.2) is 0 Å². The Morgan fingerprint density at radius 3 is 2.78 bits per heavy atom. The van der Waals surface area contributed by atoms with E-state index < -0.39 is 0 Å². The van der Waals surface area contributed by atoms with E-state index in [0.717, 1.165) is 11.1 Å². The van der Waals surface area contributed by atoms with Gasteiger partial charge in [0, 0.05) is 13.7 Å². The van der Waals surface area contributed by atoms with Gasteiger partial charge in [-0.2, -0.15) is 0 Å². The first-order valence-electron chi connectivity index (χ1n) is 7.83. The van der Waals surface area contributed by atoms with Gasteiger partial charge in [-0.05, 0) is 22.9 Å². The molecule has 0 radical (unpaired) electrons. The predicted octanol–water partition coefficient (Wildman–Crippen LogP) is 3.02. The molecule has 0 bridgehead atoms. The van der Waals surface area contributed by atoms with Crippen molar-refractivity contribution in [1.82, 2.24) is 4.90 Å². The molecule has 1 aliphatic rings. The third kappa shape index (κ3) is 3.71. The lowest BCUT2D eigenvalue weighted by Gasteiger charge is -2.39. The lowest BCUT2D eigenvalue weighted by Crippen LogP contribution is -2.55. The Morgan fingerprint density at radius 1 is 1.17 bits per heavy atom. The first kappa shape index (κ1) is 15.6. The van der Waals surface area contributed by atoms with E-state index in [1.54, 1.807) is 7.11 Å². The fraction of sp³-hybridized carbons (Fsp3) is 0.316. The minimum absolute atomic E-state index is 0.154. The van der Waals surface area contributed by atoms with Crippen molar-refractivity contribution in [1.29, 1.82) is 0 Å². The molecule has 4 nitrogen and oxygen atoms in total. The number of likely N-dealkylation sites (tertiary alicyclic amines) is 1. The molecule has 23 heavy (non-hydrogen) atoms. The van der Waals surface area contributed by atoms with E-state index in [1.807, 2.05) is 41.3 Å². The van der Waals surface area contributed by atoms with E-state index in [9.17, 15) is 4.79 Å². The number of β-lactam (4-membered cyclic amide) rings is 1. The van der Waals surface area contributed by atoms with Crippen molar-refractivity contribution >= 4 is 16.7 Å². The number of hydrogen-bond donors (Lipinski definition) is 0. The number of amides is 1. The van der Waals surface area contributed by atoms with Gasteiger partial charge in [-0.25, -0.2) is 0 Å². The van der Waals surface area contributed by atoms with Gasteiger partial charge in [-0.1, -0.05) is 42.5 Å². The Labute approximate surface area is 136 Å². The molecule has 0 aliphatic carbocycles. The van der Waals surface area contributed by atoms with E-state index in [4.69, 9.17) is 9.47 Å². The van der Waals surface area contributed by atoms with Gasteiger partial charge in [-0.15, -0.1) is 0 Å². The fourth-order valence-electron chi connectivity index (χ4n) is 2.72. The molecule has 4 heteroatoms. The second-order valence-corrected chi connectivity index (χ2v) is 5.65. The summed E-state index contributed by atoms with van der Waals surface area (Å²) in [5, 5.41) is 2.36. The summed E-state index contributed by atoms with van der Waals surface area (Å²) >= 11 is 0. The molecule has 2 aromatic carbocycles. The van der Waals surface area contributed by atoms with Crippen molar-refractivity contribution in [3.05, 3.63) is 54.6 Å². The molecule has 1 atom stereocenters. The van der Waals surface area contributed by atoms with Crippen molar-refractivity contribution in [2.24, 2.45) is 0 Å². The Kier molecular flexibility index (Phi) is 4.93. The molecule has 1 amide bonds. The Balaban J connectivity index is 1.55. The zero-order valence-electron chi connectivity index (χ0n) is 13.3. The summed E-state index contributed by atoms with van der Waals surface area (Å²) in [7, 11) is 1.65. The highest BCUT2D eigenvalue weighted by Gasteiger charge is 2.35. The molecule has 1 fully saturated rings.